The van der Waals surface area contributed by atoms with E-state index in [9.17, 15) is 0 Å². The first-order chi connectivity index (χ1) is 8.50. The van der Waals surface area contributed by atoms with E-state index in [0.717, 1.165) is 0 Å². The third-order valence-corrected chi connectivity index (χ3v) is 3.89. The number of nitrogens with zero attached hydrogens (tertiary/aromatic N) is 1. The maximum Gasteiger partial charge on any atom is 0.277 e. The van der Waals surface area contributed by atoms with Crippen LogP contribution in [-0.4, -0.2) is 23.7 Å². The quantitative estimate of drug-likeness (QED) is 0.679. The molecule has 0 radical (unpaired) electrons. The van der Waals surface area contributed by atoms with E-state index in [0.29, 0.717) is 24.8 Å². The van der Waals surface area contributed by atoms with E-state index in [1.807, 2.05) is 0 Å². The topological polar surface area (TPSA) is 3.24 Å². The molecule has 0 N–H and O–H groups in total. The van der Waals surface area contributed by atoms with E-state index < -0.39 is 0 Å². The van der Waals surface area contributed by atoms with Gasteiger partial charge in [0.2, 0.25) is 0 Å². The molecule has 0 bridgehead atoms. The number of rotatable bonds is 3. The molecule has 2 rings (SSSR count). The summed E-state index contributed by atoms with van der Waals surface area (Å²) in [6, 6.07) is 1.13. The van der Waals surface area contributed by atoms with Gasteiger partial charge >= 0.3 is 0 Å². The molecule has 0 fully saturated rings. The normalized spacial score (nSPS) is 22.7. The first-order valence-electron chi connectivity index (χ1n) is 7.03. The summed E-state index contributed by atoms with van der Waals surface area (Å²) in [5.41, 5.74) is 2.93. The first-order valence-corrected chi connectivity index (χ1v) is 7.03. The Labute approximate surface area is 112 Å². The second kappa shape index (κ2) is 5.32. The Balaban J connectivity index is 2.30. The van der Waals surface area contributed by atoms with Crippen molar-refractivity contribution in [3.05, 3.63) is 47.4 Å². The molecule has 1 unspecified atom stereocenters. The third-order valence-electron chi connectivity index (χ3n) is 3.89. The summed E-state index contributed by atoms with van der Waals surface area (Å²) < 4.78 is 0. The van der Waals surface area contributed by atoms with Crippen LogP contribution in [0, 0.1) is 5.92 Å². The summed E-state index contributed by atoms with van der Waals surface area (Å²) in [6.07, 6.45) is 8.85. The molecule has 1 nitrogen and oxygen atoms in total. The van der Waals surface area contributed by atoms with E-state index in [1.165, 1.54) is 11.1 Å². The second-order valence-corrected chi connectivity index (χ2v) is 5.92. The lowest BCUT2D eigenvalue weighted by Crippen LogP contribution is -2.48. The van der Waals surface area contributed by atoms with Crippen LogP contribution < -0.4 is 0 Å². The van der Waals surface area contributed by atoms with Gasteiger partial charge in [-0.3, -0.25) is 0 Å². The fourth-order valence-electron chi connectivity index (χ4n) is 3.21. The Hall–Kier alpha value is -1.02. The number of fused-ring (bicyclic) bond motifs is 1. The minimum Gasteiger partial charge on any atom is -0.330 e. The Morgan fingerprint density at radius 3 is 2.33 bits per heavy atom. The number of hydrogen-bond acceptors (Lipinski definition) is 1. The van der Waals surface area contributed by atoms with Crippen molar-refractivity contribution in [3.63, 3.8) is 0 Å². The highest BCUT2D eigenvalue weighted by Gasteiger charge is 2.29. The van der Waals surface area contributed by atoms with Crippen LogP contribution in [0.1, 0.15) is 34.6 Å². The minimum atomic E-state index is 0.437. The van der Waals surface area contributed by atoms with Crippen LogP contribution in [0.15, 0.2) is 47.4 Å². The smallest absolute Gasteiger partial charge is 0.277 e. The molecule has 1 aliphatic heterocycles. The Bertz CT molecular complexity index is 418. The van der Waals surface area contributed by atoms with Gasteiger partial charge in [-0.15, -0.1) is 0 Å². The highest BCUT2D eigenvalue weighted by Crippen LogP contribution is 2.31. The van der Waals surface area contributed by atoms with Crippen LogP contribution in [-0.2, 0) is 0 Å². The summed E-state index contributed by atoms with van der Waals surface area (Å²) in [6.45, 7) is 11.8. The molecular formula is C16H24BN. The van der Waals surface area contributed by atoms with Crippen LogP contribution in [0.4, 0.5) is 0 Å². The van der Waals surface area contributed by atoms with Crippen molar-refractivity contribution in [2.24, 2.45) is 5.92 Å². The van der Waals surface area contributed by atoms with Crippen LogP contribution in [0.3, 0.4) is 0 Å². The van der Waals surface area contributed by atoms with Gasteiger partial charge in [-0.05, 0) is 24.6 Å². The van der Waals surface area contributed by atoms with E-state index in [1.54, 1.807) is 0 Å². The molecule has 0 aromatic rings. The lowest BCUT2D eigenvalue weighted by molar-refractivity contribution is 0.308. The molecule has 2 heteroatoms. The van der Waals surface area contributed by atoms with E-state index >= 15 is 0 Å². The highest BCUT2D eigenvalue weighted by molar-refractivity contribution is 6.67. The van der Waals surface area contributed by atoms with Crippen LogP contribution in [0.25, 0.3) is 0 Å². The predicted molar refractivity (Wildman–Crippen MR) is 81.5 cm³/mol. The summed E-state index contributed by atoms with van der Waals surface area (Å²) >= 11 is 0. The molecular weight excluding hydrogens is 217 g/mol. The fraction of sp³-hybridized carbons (Fsp3) is 0.500. The van der Waals surface area contributed by atoms with Gasteiger partial charge in [0.15, 0.2) is 0 Å². The second-order valence-electron chi connectivity index (χ2n) is 5.92. The van der Waals surface area contributed by atoms with Crippen molar-refractivity contribution in [2.45, 2.75) is 46.7 Å². The van der Waals surface area contributed by atoms with E-state index in [4.69, 9.17) is 0 Å². The Morgan fingerprint density at radius 2 is 1.72 bits per heavy atom. The van der Waals surface area contributed by atoms with Crippen molar-refractivity contribution < 1.29 is 0 Å². The lowest BCUT2D eigenvalue weighted by atomic mass is 9.52. The lowest BCUT2D eigenvalue weighted by Gasteiger charge is -2.37. The molecule has 96 valence electrons. The van der Waals surface area contributed by atoms with Gasteiger partial charge in [-0.25, -0.2) is 0 Å². The van der Waals surface area contributed by atoms with Gasteiger partial charge in [0.05, 0.1) is 0 Å². The van der Waals surface area contributed by atoms with Gasteiger partial charge in [0.1, 0.15) is 0 Å². The summed E-state index contributed by atoms with van der Waals surface area (Å²) in [4.78, 5) is 2.57. The average Bonchev–Trinajstić information content (AvgIpc) is 2.28. The summed E-state index contributed by atoms with van der Waals surface area (Å²) in [7, 11) is 0. The van der Waals surface area contributed by atoms with Crippen LogP contribution in [0.2, 0.25) is 0 Å². The third kappa shape index (κ3) is 2.54. The molecule has 18 heavy (non-hydrogen) atoms. The zero-order valence-electron chi connectivity index (χ0n) is 12.2. The highest BCUT2D eigenvalue weighted by atomic mass is 15.1. The SMILES string of the molecule is CC1=CB(N(C(C)C)C(C)C)C=C2C=CC=CC12. The molecule has 0 spiro atoms. The Kier molecular flexibility index (Phi) is 3.96. The maximum atomic E-state index is 2.57. The van der Waals surface area contributed by atoms with E-state index in [2.05, 4.69) is 75.7 Å². The standard InChI is InChI=1S/C16H24BN/c1-12(2)18(13(3)4)17-10-14(5)16-9-7-6-8-15(16)11-17/h6-13,16H,1-5H3. The molecule has 1 heterocycles. The molecule has 0 aromatic heterocycles. The van der Waals surface area contributed by atoms with Gasteiger partial charge < -0.3 is 4.81 Å². The zero-order chi connectivity index (χ0) is 13.3. The molecule has 2 aliphatic rings. The molecule has 1 atom stereocenters. The van der Waals surface area contributed by atoms with Crippen LogP contribution >= 0.6 is 0 Å². The van der Waals surface area contributed by atoms with Gasteiger partial charge in [0.25, 0.3) is 6.85 Å². The molecule has 0 saturated carbocycles. The summed E-state index contributed by atoms with van der Waals surface area (Å²) in [5.74, 6) is 5.36. The average molecular weight is 241 g/mol. The van der Waals surface area contributed by atoms with Crippen molar-refractivity contribution in [1.82, 2.24) is 4.81 Å². The zero-order valence-corrected chi connectivity index (χ0v) is 12.2. The number of allylic oxidation sites excluding steroid dienone is 6. The van der Waals surface area contributed by atoms with Gasteiger partial charge in [0, 0.05) is 5.92 Å². The molecule has 1 aliphatic carbocycles. The van der Waals surface area contributed by atoms with Gasteiger partial charge in [-0.1, -0.05) is 69.5 Å². The first kappa shape index (κ1) is 13.4. The molecule has 0 aromatic carbocycles. The van der Waals surface area contributed by atoms with E-state index in [-0.39, 0.29) is 0 Å². The predicted octanol–water partition coefficient (Wildman–Crippen LogP) is 3.80. The fourth-order valence-corrected chi connectivity index (χ4v) is 3.21. The molecule has 0 saturated heterocycles. The van der Waals surface area contributed by atoms with Crippen molar-refractivity contribution >= 4 is 6.85 Å². The monoisotopic (exact) mass is 241 g/mol. The molecule has 0 amide bonds. The van der Waals surface area contributed by atoms with Crippen molar-refractivity contribution in [1.29, 1.82) is 0 Å². The van der Waals surface area contributed by atoms with Crippen molar-refractivity contribution in [3.8, 4) is 0 Å². The van der Waals surface area contributed by atoms with Crippen LogP contribution in [0.5, 0.6) is 0 Å². The van der Waals surface area contributed by atoms with Crippen molar-refractivity contribution in [2.75, 3.05) is 0 Å². The largest absolute Gasteiger partial charge is 0.330 e. The van der Waals surface area contributed by atoms with Gasteiger partial charge in [-0.2, -0.15) is 0 Å². The number of hydrogen-bond donors (Lipinski definition) is 0. The Morgan fingerprint density at radius 1 is 1.06 bits per heavy atom. The minimum absolute atomic E-state index is 0.437. The maximum absolute atomic E-state index is 2.57. The summed E-state index contributed by atoms with van der Waals surface area (Å²) in [5, 5.41) is 0.